The Morgan fingerprint density at radius 3 is 2.46 bits per heavy atom. The molecular weight excluding hydrogens is 354 g/mol. The van der Waals surface area contributed by atoms with Crippen molar-refractivity contribution in [3.8, 4) is 5.75 Å². The highest BCUT2D eigenvalue weighted by Gasteiger charge is 2.30. The van der Waals surface area contributed by atoms with Crippen molar-refractivity contribution < 1.29 is 19.1 Å². The number of Topliss-reactive ketones (excluding diaryl/α,β-unsaturated/α-hetero) is 2. The number of hydrogen-bond acceptors (Lipinski definition) is 4. The van der Waals surface area contributed by atoms with Gasteiger partial charge in [0.1, 0.15) is 5.75 Å². The van der Waals surface area contributed by atoms with Gasteiger partial charge >= 0.3 is 0 Å². The molecule has 0 radical (unpaired) electrons. The molecule has 2 aromatic rings. The lowest BCUT2D eigenvalue weighted by Crippen LogP contribution is -2.42. The van der Waals surface area contributed by atoms with Crippen molar-refractivity contribution in [2.45, 2.75) is 25.7 Å². The zero-order valence-electron chi connectivity index (χ0n) is 16.1. The summed E-state index contributed by atoms with van der Waals surface area (Å²) in [4.78, 5) is 39.5. The molecule has 1 aliphatic heterocycles. The molecule has 0 saturated carbocycles. The van der Waals surface area contributed by atoms with Gasteiger partial charge in [-0.05, 0) is 25.0 Å². The molecule has 1 atom stereocenters. The van der Waals surface area contributed by atoms with Gasteiger partial charge in [0.2, 0.25) is 5.91 Å². The molecule has 1 amide bonds. The van der Waals surface area contributed by atoms with Crippen LogP contribution in [-0.4, -0.2) is 42.6 Å². The second-order valence-corrected chi connectivity index (χ2v) is 7.03. The highest BCUT2D eigenvalue weighted by Crippen LogP contribution is 2.26. The van der Waals surface area contributed by atoms with E-state index in [1.54, 1.807) is 36.3 Å². The first-order chi connectivity index (χ1) is 13.6. The summed E-state index contributed by atoms with van der Waals surface area (Å²) in [6.45, 7) is 1.03. The van der Waals surface area contributed by atoms with Crippen molar-refractivity contribution in [1.82, 2.24) is 4.90 Å². The number of carbonyl (C=O) groups is 3. The third-order valence-electron chi connectivity index (χ3n) is 5.18. The Labute approximate surface area is 165 Å². The Balaban J connectivity index is 1.59. The molecule has 5 nitrogen and oxygen atoms in total. The van der Waals surface area contributed by atoms with Crippen LogP contribution in [0.5, 0.6) is 5.75 Å². The highest BCUT2D eigenvalue weighted by atomic mass is 16.5. The molecule has 0 spiro atoms. The number of hydrogen-bond donors (Lipinski definition) is 0. The number of rotatable bonds is 7. The molecule has 0 bridgehead atoms. The first-order valence-electron chi connectivity index (χ1n) is 9.63. The van der Waals surface area contributed by atoms with Gasteiger partial charge in [-0.1, -0.05) is 42.5 Å². The number of carbonyl (C=O) groups excluding carboxylic acids is 3. The summed E-state index contributed by atoms with van der Waals surface area (Å²) in [5.41, 5.74) is 1.18. The summed E-state index contributed by atoms with van der Waals surface area (Å²) in [5, 5.41) is 0. The molecule has 0 aromatic heterocycles. The second-order valence-electron chi connectivity index (χ2n) is 7.03. The lowest BCUT2D eigenvalue weighted by Gasteiger charge is -2.32. The van der Waals surface area contributed by atoms with E-state index in [9.17, 15) is 14.4 Å². The van der Waals surface area contributed by atoms with Gasteiger partial charge in [-0.3, -0.25) is 14.4 Å². The van der Waals surface area contributed by atoms with Crippen LogP contribution in [-0.2, 0) is 4.79 Å². The molecule has 1 fully saturated rings. The number of ketones is 2. The summed E-state index contributed by atoms with van der Waals surface area (Å²) in [6, 6.07) is 16.2. The molecule has 2 aromatic carbocycles. The van der Waals surface area contributed by atoms with Gasteiger partial charge in [0.15, 0.2) is 11.6 Å². The van der Waals surface area contributed by atoms with E-state index in [0.717, 1.165) is 12.8 Å². The fourth-order valence-electron chi connectivity index (χ4n) is 3.63. The van der Waals surface area contributed by atoms with Crippen molar-refractivity contribution in [2.75, 3.05) is 20.2 Å². The van der Waals surface area contributed by atoms with Gasteiger partial charge < -0.3 is 9.64 Å². The summed E-state index contributed by atoms with van der Waals surface area (Å²) >= 11 is 0. The van der Waals surface area contributed by atoms with E-state index >= 15 is 0 Å². The highest BCUT2D eigenvalue weighted by molar-refractivity contribution is 6.01. The molecule has 3 rings (SSSR count). The topological polar surface area (TPSA) is 63.7 Å². The molecule has 0 unspecified atom stereocenters. The normalized spacial score (nSPS) is 16.5. The van der Waals surface area contributed by atoms with Gasteiger partial charge in [-0.25, -0.2) is 0 Å². The van der Waals surface area contributed by atoms with Crippen molar-refractivity contribution in [3.05, 3.63) is 65.7 Å². The second kappa shape index (κ2) is 9.31. The van der Waals surface area contributed by atoms with Crippen LogP contribution in [0.4, 0.5) is 0 Å². The van der Waals surface area contributed by atoms with Crippen molar-refractivity contribution >= 4 is 17.5 Å². The zero-order valence-corrected chi connectivity index (χ0v) is 16.1. The predicted molar refractivity (Wildman–Crippen MR) is 107 cm³/mol. The number of piperidine rings is 1. The van der Waals surface area contributed by atoms with Crippen LogP contribution in [0.15, 0.2) is 54.6 Å². The fraction of sp³-hybridized carbons (Fsp3) is 0.348. The third kappa shape index (κ3) is 4.66. The molecule has 1 saturated heterocycles. The minimum atomic E-state index is -0.237. The van der Waals surface area contributed by atoms with Crippen LogP contribution in [0, 0.1) is 5.92 Å². The fourth-order valence-corrected chi connectivity index (χ4v) is 3.63. The van der Waals surface area contributed by atoms with Crippen LogP contribution in [0.25, 0.3) is 0 Å². The van der Waals surface area contributed by atoms with E-state index in [0.29, 0.717) is 30.0 Å². The van der Waals surface area contributed by atoms with Crippen molar-refractivity contribution in [1.29, 1.82) is 0 Å². The molecule has 1 aliphatic rings. The number of likely N-dealkylation sites (tertiary alicyclic amines) is 1. The number of methoxy groups -OCH3 is 1. The van der Waals surface area contributed by atoms with E-state index < -0.39 is 0 Å². The maximum atomic E-state index is 12.9. The van der Waals surface area contributed by atoms with E-state index in [1.807, 2.05) is 30.3 Å². The minimum absolute atomic E-state index is 0.00955. The number of ether oxygens (including phenoxy) is 1. The molecule has 146 valence electrons. The Morgan fingerprint density at radius 1 is 1.00 bits per heavy atom. The zero-order chi connectivity index (χ0) is 19.9. The maximum Gasteiger partial charge on any atom is 0.223 e. The first-order valence-corrected chi connectivity index (χ1v) is 9.63. The molecule has 0 aliphatic carbocycles. The van der Waals surface area contributed by atoms with Crippen molar-refractivity contribution in [3.63, 3.8) is 0 Å². The Kier molecular flexibility index (Phi) is 6.58. The lowest BCUT2D eigenvalue weighted by atomic mass is 9.89. The molecule has 28 heavy (non-hydrogen) atoms. The number of para-hydroxylation sites is 1. The van der Waals surface area contributed by atoms with Gasteiger partial charge in [-0.2, -0.15) is 0 Å². The summed E-state index contributed by atoms with van der Waals surface area (Å²) in [5.74, 6) is 0.230. The van der Waals surface area contributed by atoms with Crippen LogP contribution in [0.2, 0.25) is 0 Å². The van der Waals surface area contributed by atoms with Gasteiger partial charge in [0.25, 0.3) is 0 Å². The van der Waals surface area contributed by atoms with E-state index in [1.165, 1.54) is 0 Å². The Bertz CT molecular complexity index is 847. The Morgan fingerprint density at radius 2 is 1.71 bits per heavy atom. The molecular formula is C23H25NO4. The quantitative estimate of drug-likeness (QED) is 0.687. The average molecular weight is 379 g/mol. The molecule has 1 heterocycles. The minimum Gasteiger partial charge on any atom is -0.496 e. The lowest BCUT2D eigenvalue weighted by molar-refractivity contribution is -0.132. The number of benzene rings is 2. The summed E-state index contributed by atoms with van der Waals surface area (Å²) in [7, 11) is 1.55. The monoisotopic (exact) mass is 379 g/mol. The van der Waals surface area contributed by atoms with Crippen LogP contribution in [0.1, 0.15) is 46.4 Å². The van der Waals surface area contributed by atoms with Crippen LogP contribution < -0.4 is 4.74 Å². The number of nitrogens with zero attached hydrogens (tertiary/aromatic N) is 1. The van der Waals surface area contributed by atoms with Crippen molar-refractivity contribution in [2.24, 2.45) is 5.92 Å². The predicted octanol–water partition coefficient (Wildman–Crippen LogP) is 3.78. The van der Waals surface area contributed by atoms with Gasteiger partial charge in [0.05, 0.1) is 12.7 Å². The van der Waals surface area contributed by atoms with E-state index in [2.05, 4.69) is 0 Å². The average Bonchev–Trinajstić information content (AvgIpc) is 2.77. The summed E-state index contributed by atoms with van der Waals surface area (Å²) in [6.07, 6.45) is 1.89. The van der Waals surface area contributed by atoms with E-state index in [4.69, 9.17) is 4.74 Å². The van der Waals surface area contributed by atoms with Crippen LogP contribution >= 0.6 is 0 Å². The van der Waals surface area contributed by atoms with Gasteiger partial charge in [-0.15, -0.1) is 0 Å². The molecule has 0 N–H and O–H groups in total. The number of amides is 1. The largest absolute Gasteiger partial charge is 0.496 e. The Hall–Kier alpha value is -2.95. The van der Waals surface area contributed by atoms with E-state index in [-0.39, 0.29) is 36.2 Å². The smallest absolute Gasteiger partial charge is 0.223 e. The maximum absolute atomic E-state index is 12.9. The molecule has 5 heteroatoms. The first kappa shape index (κ1) is 19.8. The van der Waals surface area contributed by atoms with Gasteiger partial charge in [0, 0.05) is 37.4 Å². The van der Waals surface area contributed by atoms with Crippen LogP contribution in [0.3, 0.4) is 0 Å². The standard InChI is InChI=1S/C23H25NO4/c1-28-21-12-6-5-11-19(21)23(27)18-10-7-15-24(16-18)22(26)14-13-20(25)17-8-3-2-4-9-17/h2-6,8-9,11-12,18H,7,10,13-16H2,1H3/t18-/m0/s1. The SMILES string of the molecule is COc1ccccc1C(=O)[C@H]1CCCN(C(=O)CCC(=O)c2ccccc2)C1. The summed E-state index contributed by atoms with van der Waals surface area (Å²) < 4.78 is 5.30. The third-order valence-corrected chi connectivity index (χ3v) is 5.18.